The van der Waals surface area contributed by atoms with E-state index in [9.17, 15) is 4.39 Å². The Morgan fingerprint density at radius 1 is 1.46 bits per heavy atom. The number of hydrogen-bond donors (Lipinski definition) is 3. The van der Waals surface area contributed by atoms with Crippen molar-refractivity contribution in [3.63, 3.8) is 0 Å². The van der Waals surface area contributed by atoms with Crippen LogP contribution in [0.15, 0.2) is 18.2 Å². The molecule has 0 fully saturated rings. The minimum absolute atomic E-state index is 0.120. The van der Waals surface area contributed by atoms with Crippen LogP contribution in [-0.2, 0) is 0 Å². The van der Waals surface area contributed by atoms with Gasteiger partial charge in [0.15, 0.2) is 11.6 Å². The first-order chi connectivity index (χ1) is 6.04. The quantitative estimate of drug-likeness (QED) is 0.641. The van der Waals surface area contributed by atoms with Gasteiger partial charge < -0.3 is 15.9 Å². The Hall–Kier alpha value is -1.13. The number of phenols is 1. The van der Waals surface area contributed by atoms with Crippen LogP contribution in [0.5, 0.6) is 5.75 Å². The summed E-state index contributed by atoms with van der Waals surface area (Å²) >= 11 is 0. The van der Waals surface area contributed by atoms with Gasteiger partial charge in [-0.1, -0.05) is 12.1 Å². The molecule has 0 saturated carbocycles. The lowest BCUT2D eigenvalue weighted by Crippen LogP contribution is -2.24. The maximum Gasteiger partial charge on any atom is 0.169 e. The molecular formula is C9H12FNO2. The van der Waals surface area contributed by atoms with Crippen molar-refractivity contribution >= 4 is 0 Å². The zero-order chi connectivity index (χ0) is 10.0. The van der Waals surface area contributed by atoms with Gasteiger partial charge >= 0.3 is 0 Å². The Morgan fingerprint density at radius 3 is 2.62 bits per heavy atom. The molecule has 1 rings (SSSR count). The van der Waals surface area contributed by atoms with Gasteiger partial charge in [0.05, 0.1) is 12.1 Å². The first-order valence-electron chi connectivity index (χ1n) is 3.95. The van der Waals surface area contributed by atoms with Crippen LogP contribution in [0, 0.1) is 5.82 Å². The van der Waals surface area contributed by atoms with Crippen LogP contribution in [0.4, 0.5) is 4.39 Å². The number of aromatic hydroxyl groups is 1. The highest BCUT2D eigenvalue weighted by Crippen LogP contribution is 2.24. The summed E-state index contributed by atoms with van der Waals surface area (Å²) in [6.45, 7) is 1.47. The van der Waals surface area contributed by atoms with Crippen LogP contribution >= 0.6 is 0 Å². The van der Waals surface area contributed by atoms with Gasteiger partial charge in [-0.15, -0.1) is 0 Å². The molecule has 0 radical (unpaired) electrons. The lowest BCUT2D eigenvalue weighted by molar-refractivity contribution is 0.162. The van der Waals surface area contributed by atoms with E-state index in [0.717, 1.165) is 0 Å². The monoisotopic (exact) mass is 185 g/mol. The first-order valence-corrected chi connectivity index (χ1v) is 3.95. The molecule has 0 aliphatic heterocycles. The van der Waals surface area contributed by atoms with E-state index in [1.807, 2.05) is 0 Å². The normalized spacial score (nSPS) is 15.4. The second kappa shape index (κ2) is 3.72. The highest BCUT2D eigenvalue weighted by Gasteiger charge is 2.17. The predicted molar refractivity (Wildman–Crippen MR) is 46.7 cm³/mol. The third kappa shape index (κ3) is 1.96. The molecule has 4 heteroatoms. The minimum atomic E-state index is -0.851. The number of phenolic OH excluding ortho intramolecular Hbond substituents is 1. The fourth-order valence-electron chi connectivity index (χ4n) is 1.05. The summed E-state index contributed by atoms with van der Waals surface area (Å²) in [5.74, 6) is -1.22. The van der Waals surface area contributed by atoms with E-state index in [2.05, 4.69) is 0 Å². The molecule has 0 aromatic heterocycles. The number of halogens is 1. The van der Waals surface area contributed by atoms with E-state index >= 15 is 0 Å². The molecule has 0 saturated heterocycles. The largest absolute Gasteiger partial charge is 0.505 e. The third-order valence-electron chi connectivity index (χ3n) is 1.89. The summed E-state index contributed by atoms with van der Waals surface area (Å²) < 4.78 is 13.2. The number of nitrogens with two attached hydrogens (primary N) is 1. The number of aliphatic hydroxyl groups excluding tert-OH is 1. The zero-order valence-electron chi connectivity index (χ0n) is 7.24. The molecule has 13 heavy (non-hydrogen) atoms. The van der Waals surface area contributed by atoms with E-state index in [-0.39, 0.29) is 5.56 Å². The predicted octanol–water partition coefficient (Wildman–Crippen LogP) is 0.912. The average Bonchev–Trinajstić information content (AvgIpc) is 2.08. The number of hydrogen-bond acceptors (Lipinski definition) is 3. The van der Waals surface area contributed by atoms with Crippen molar-refractivity contribution in [2.24, 2.45) is 5.73 Å². The maximum absolute atomic E-state index is 13.2. The van der Waals surface area contributed by atoms with Gasteiger partial charge in [-0.05, 0) is 13.0 Å². The smallest absolute Gasteiger partial charge is 0.169 e. The Morgan fingerprint density at radius 2 is 2.08 bits per heavy atom. The summed E-state index contributed by atoms with van der Waals surface area (Å²) in [7, 11) is 0. The maximum atomic E-state index is 13.2. The highest BCUT2D eigenvalue weighted by molar-refractivity contribution is 5.32. The Balaban J connectivity index is 3.07. The Labute approximate surface area is 75.6 Å². The minimum Gasteiger partial charge on any atom is -0.505 e. The number of aliphatic hydroxyl groups is 1. The van der Waals surface area contributed by atoms with E-state index in [0.29, 0.717) is 0 Å². The standard InChI is InChI=1S/C9H12FNO2/c1-5(12)9(11)6-3-2-4-7(13)8(6)10/h2-5,9,12-13H,11H2,1H3. The molecule has 0 bridgehead atoms. The molecule has 0 aliphatic rings. The Kier molecular flexibility index (Phi) is 2.85. The molecule has 1 aromatic carbocycles. The molecule has 72 valence electrons. The van der Waals surface area contributed by atoms with Crippen LogP contribution in [0.25, 0.3) is 0 Å². The molecule has 4 N–H and O–H groups in total. The molecule has 1 aromatic rings. The first kappa shape index (κ1) is 9.95. The van der Waals surface area contributed by atoms with Crippen molar-refractivity contribution in [2.45, 2.75) is 19.1 Å². The summed E-state index contributed by atoms with van der Waals surface area (Å²) in [6.07, 6.45) is -0.851. The Bertz CT molecular complexity index is 302. The van der Waals surface area contributed by atoms with Gasteiger partial charge in [-0.2, -0.15) is 0 Å². The molecule has 0 spiro atoms. The fraction of sp³-hybridized carbons (Fsp3) is 0.333. The van der Waals surface area contributed by atoms with Crippen LogP contribution in [-0.4, -0.2) is 16.3 Å². The average molecular weight is 185 g/mol. The van der Waals surface area contributed by atoms with Crippen molar-refractivity contribution in [2.75, 3.05) is 0 Å². The second-order valence-electron chi connectivity index (χ2n) is 2.95. The van der Waals surface area contributed by atoms with Crippen molar-refractivity contribution in [3.8, 4) is 5.75 Å². The molecule has 3 nitrogen and oxygen atoms in total. The van der Waals surface area contributed by atoms with E-state index < -0.39 is 23.7 Å². The zero-order valence-corrected chi connectivity index (χ0v) is 7.24. The van der Waals surface area contributed by atoms with Crippen molar-refractivity contribution in [1.29, 1.82) is 0 Å². The van der Waals surface area contributed by atoms with Gasteiger partial charge in [0.2, 0.25) is 0 Å². The lowest BCUT2D eigenvalue weighted by Gasteiger charge is -2.15. The molecule has 0 amide bonds. The van der Waals surface area contributed by atoms with Crippen LogP contribution < -0.4 is 5.73 Å². The van der Waals surface area contributed by atoms with Gasteiger partial charge in [0, 0.05) is 5.56 Å². The van der Waals surface area contributed by atoms with Crippen LogP contribution in [0.1, 0.15) is 18.5 Å². The van der Waals surface area contributed by atoms with Crippen molar-refractivity contribution in [1.82, 2.24) is 0 Å². The van der Waals surface area contributed by atoms with Crippen LogP contribution in [0.2, 0.25) is 0 Å². The van der Waals surface area contributed by atoms with E-state index in [1.54, 1.807) is 0 Å². The van der Waals surface area contributed by atoms with Crippen molar-refractivity contribution in [3.05, 3.63) is 29.6 Å². The lowest BCUT2D eigenvalue weighted by atomic mass is 10.0. The van der Waals surface area contributed by atoms with Gasteiger partial charge in [-0.25, -0.2) is 4.39 Å². The van der Waals surface area contributed by atoms with Gasteiger partial charge in [0.25, 0.3) is 0 Å². The summed E-state index contributed by atoms with van der Waals surface area (Å²) in [4.78, 5) is 0. The van der Waals surface area contributed by atoms with Crippen molar-refractivity contribution < 1.29 is 14.6 Å². The fourth-order valence-corrected chi connectivity index (χ4v) is 1.05. The van der Waals surface area contributed by atoms with Gasteiger partial charge in [0.1, 0.15) is 0 Å². The third-order valence-corrected chi connectivity index (χ3v) is 1.89. The summed E-state index contributed by atoms with van der Waals surface area (Å²) in [6, 6.07) is 3.34. The second-order valence-corrected chi connectivity index (χ2v) is 2.95. The SMILES string of the molecule is CC(O)C(N)c1cccc(O)c1F. The number of rotatable bonds is 2. The van der Waals surface area contributed by atoms with E-state index in [4.69, 9.17) is 15.9 Å². The highest BCUT2D eigenvalue weighted by atomic mass is 19.1. The van der Waals surface area contributed by atoms with Crippen LogP contribution in [0.3, 0.4) is 0 Å². The molecule has 2 unspecified atom stereocenters. The molecule has 0 heterocycles. The topological polar surface area (TPSA) is 66.5 Å². The molecular weight excluding hydrogens is 173 g/mol. The van der Waals surface area contributed by atoms with E-state index in [1.165, 1.54) is 25.1 Å². The molecule has 0 aliphatic carbocycles. The van der Waals surface area contributed by atoms with Gasteiger partial charge in [-0.3, -0.25) is 0 Å². The molecule has 2 atom stereocenters. The summed E-state index contributed by atoms with van der Waals surface area (Å²) in [5, 5.41) is 18.1. The number of benzene rings is 1. The summed E-state index contributed by atoms with van der Waals surface area (Å²) in [5.41, 5.74) is 5.63.